The highest BCUT2D eigenvalue weighted by atomic mass is 16.1. The van der Waals surface area contributed by atoms with E-state index < -0.39 is 0 Å². The van der Waals surface area contributed by atoms with Crippen molar-refractivity contribution in [2.45, 2.75) is 46.5 Å². The third-order valence-corrected chi connectivity index (χ3v) is 3.35. The zero-order valence-electron chi connectivity index (χ0n) is 8.47. The quantitative estimate of drug-likeness (QED) is 0.633. The molecule has 1 fully saturated rings. The average molecular weight is 168 g/mol. The normalized spacial score (nSPS) is 32.4. The molecule has 1 heteroatoms. The maximum Gasteiger partial charge on any atom is 0.135 e. The molecule has 0 aliphatic heterocycles. The van der Waals surface area contributed by atoms with Crippen molar-refractivity contribution in [1.82, 2.24) is 0 Å². The van der Waals surface area contributed by atoms with Crippen LogP contribution in [0.15, 0.2) is 0 Å². The van der Waals surface area contributed by atoms with Crippen molar-refractivity contribution in [2.75, 3.05) is 0 Å². The second-order valence-corrected chi connectivity index (χ2v) is 4.22. The summed E-state index contributed by atoms with van der Waals surface area (Å²) in [6.07, 6.45) is 4.50. The van der Waals surface area contributed by atoms with Gasteiger partial charge in [-0.15, -0.1) is 0 Å². The molecule has 1 aliphatic rings. The van der Waals surface area contributed by atoms with Crippen LogP contribution in [0.4, 0.5) is 0 Å². The number of ketones is 1. The van der Waals surface area contributed by atoms with Crippen LogP contribution in [0, 0.1) is 17.8 Å². The fourth-order valence-corrected chi connectivity index (χ4v) is 2.47. The lowest BCUT2D eigenvalue weighted by Crippen LogP contribution is -2.17. The van der Waals surface area contributed by atoms with Gasteiger partial charge in [-0.2, -0.15) is 0 Å². The van der Waals surface area contributed by atoms with Crippen LogP contribution in [-0.4, -0.2) is 5.78 Å². The van der Waals surface area contributed by atoms with Crippen molar-refractivity contribution in [3.63, 3.8) is 0 Å². The molecule has 0 bridgehead atoms. The van der Waals surface area contributed by atoms with Crippen LogP contribution in [0.2, 0.25) is 0 Å². The first-order valence-corrected chi connectivity index (χ1v) is 5.19. The summed E-state index contributed by atoms with van der Waals surface area (Å²) in [5.74, 6) is 2.25. The predicted octanol–water partition coefficient (Wildman–Crippen LogP) is 3.04. The number of carbonyl (C=O) groups is 1. The van der Waals surface area contributed by atoms with Gasteiger partial charge in [0.05, 0.1) is 0 Å². The maximum absolute atomic E-state index is 11.3. The lowest BCUT2D eigenvalue weighted by molar-refractivity contribution is -0.121. The number of Topliss-reactive ketones (excluding diaryl/α,β-unsaturated/α-hetero) is 1. The Balaban J connectivity index is 2.47. The highest BCUT2D eigenvalue weighted by molar-refractivity contribution is 5.83. The highest BCUT2D eigenvalue weighted by Gasteiger charge is 2.33. The molecule has 0 saturated heterocycles. The van der Waals surface area contributed by atoms with E-state index in [1.807, 2.05) is 0 Å². The molecule has 0 aromatic rings. The van der Waals surface area contributed by atoms with Crippen LogP contribution in [0.1, 0.15) is 46.5 Å². The van der Waals surface area contributed by atoms with Crippen molar-refractivity contribution >= 4 is 5.78 Å². The lowest BCUT2D eigenvalue weighted by Gasteiger charge is -2.21. The summed E-state index contributed by atoms with van der Waals surface area (Å²) < 4.78 is 0. The Hall–Kier alpha value is -0.330. The Labute approximate surface area is 75.5 Å². The molecule has 0 N–H and O–H groups in total. The largest absolute Gasteiger partial charge is 0.299 e. The standard InChI is InChI=1S/C11H20O/c1-4-5-8(2)10-6-7-11(12)9(10)3/h8-10H,4-7H2,1-3H3/t8-,9-,10-/m1/s1. The molecule has 3 atom stereocenters. The van der Waals surface area contributed by atoms with Crippen LogP contribution in [0.25, 0.3) is 0 Å². The van der Waals surface area contributed by atoms with Crippen molar-refractivity contribution < 1.29 is 4.79 Å². The van der Waals surface area contributed by atoms with Crippen LogP contribution < -0.4 is 0 Å². The van der Waals surface area contributed by atoms with E-state index in [2.05, 4.69) is 20.8 Å². The van der Waals surface area contributed by atoms with Crippen molar-refractivity contribution in [2.24, 2.45) is 17.8 Å². The molecule has 0 spiro atoms. The van der Waals surface area contributed by atoms with E-state index in [9.17, 15) is 4.79 Å². The van der Waals surface area contributed by atoms with Crippen LogP contribution >= 0.6 is 0 Å². The molecule has 0 aromatic heterocycles. The van der Waals surface area contributed by atoms with E-state index in [0.717, 1.165) is 18.8 Å². The number of hydrogen-bond acceptors (Lipinski definition) is 1. The van der Waals surface area contributed by atoms with E-state index in [1.54, 1.807) is 0 Å². The first-order chi connectivity index (χ1) is 5.66. The molecule has 1 nitrogen and oxygen atoms in total. The minimum absolute atomic E-state index is 0.339. The summed E-state index contributed by atoms with van der Waals surface area (Å²) in [6.45, 7) is 6.62. The topological polar surface area (TPSA) is 17.1 Å². The van der Waals surface area contributed by atoms with E-state index in [0.29, 0.717) is 17.6 Å². The molecule has 0 unspecified atom stereocenters. The number of rotatable bonds is 3. The van der Waals surface area contributed by atoms with Gasteiger partial charge in [0.25, 0.3) is 0 Å². The smallest absolute Gasteiger partial charge is 0.135 e. The molecular formula is C11H20O. The summed E-state index contributed by atoms with van der Waals surface area (Å²) >= 11 is 0. The first kappa shape index (κ1) is 9.76. The number of hydrogen-bond donors (Lipinski definition) is 0. The molecule has 0 amide bonds. The van der Waals surface area contributed by atoms with Crippen molar-refractivity contribution in [3.05, 3.63) is 0 Å². The Bertz CT molecular complexity index is 162. The second-order valence-electron chi connectivity index (χ2n) is 4.22. The van der Waals surface area contributed by atoms with Crippen LogP contribution in [0.5, 0.6) is 0 Å². The maximum atomic E-state index is 11.3. The van der Waals surface area contributed by atoms with E-state index in [4.69, 9.17) is 0 Å². The van der Waals surface area contributed by atoms with E-state index in [1.165, 1.54) is 12.8 Å². The molecule has 0 heterocycles. The van der Waals surface area contributed by atoms with Gasteiger partial charge >= 0.3 is 0 Å². The summed E-state index contributed by atoms with van der Waals surface area (Å²) in [5, 5.41) is 0. The monoisotopic (exact) mass is 168 g/mol. The van der Waals surface area contributed by atoms with Gasteiger partial charge in [-0.05, 0) is 18.3 Å². The van der Waals surface area contributed by atoms with Gasteiger partial charge < -0.3 is 0 Å². The third-order valence-electron chi connectivity index (χ3n) is 3.35. The van der Waals surface area contributed by atoms with Gasteiger partial charge in [-0.25, -0.2) is 0 Å². The van der Waals surface area contributed by atoms with E-state index >= 15 is 0 Å². The molecular weight excluding hydrogens is 148 g/mol. The predicted molar refractivity (Wildman–Crippen MR) is 51.0 cm³/mol. The first-order valence-electron chi connectivity index (χ1n) is 5.19. The van der Waals surface area contributed by atoms with Crippen molar-refractivity contribution in [1.29, 1.82) is 0 Å². The zero-order chi connectivity index (χ0) is 9.14. The molecule has 70 valence electrons. The molecule has 12 heavy (non-hydrogen) atoms. The van der Waals surface area contributed by atoms with Crippen molar-refractivity contribution in [3.8, 4) is 0 Å². The summed E-state index contributed by atoms with van der Waals surface area (Å²) in [6, 6.07) is 0. The molecule has 0 aromatic carbocycles. The average Bonchev–Trinajstić information content (AvgIpc) is 2.34. The van der Waals surface area contributed by atoms with Crippen LogP contribution in [-0.2, 0) is 4.79 Å². The Morgan fingerprint density at radius 2 is 2.25 bits per heavy atom. The van der Waals surface area contributed by atoms with Gasteiger partial charge in [0, 0.05) is 12.3 Å². The fraction of sp³-hybridized carbons (Fsp3) is 0.909. The molecule has 1 saturated carbocycles. The van der Waals surface area contributed by atoms with Gasteiger partial charge in [0.2, 0.25) is 0 Å². The molecule has 1 rings (SSSR count). The van der Waals surface area contributed by atoms with Crippen LogP contribution in [0.3, 0.4) is 0 Å². The van der Waals surface area contributed by atoms with Gasteiger partial charge in [-0.3, -0.25) is 4.79 Å². The molecule has 0 radical (unpaired) electrons. The Morgan fingerprint density at radius 3 is 2.67 bits per heavy atom. The zero-order valence-corrected chi connectivity index (χ0v) is 8.47. The van der Waals surface area contributed by atoms with Gasteiger partial charge in [-0.1, -0.05) is 33.6 Å². The molecule has 1 aliphatic carbocycles. The second kappa shape index (κ2) is 4.06. The summed E-state index contributed by atoms with van der Waals surface area (Å²) in [7, 11) is 0. The summed E-state index contributed by atoms with van der Waals surface area (Å²) in [4.78, 5) is 11.3. The summed E-state index contributed by atoms with van der Waals surface area (Å²) in [5.41, 5.74) is 0. The lowest BCUT2D eigenvalue weighted by atomic mass is 9.83. The highest BCUT2D eigenvalue weighted by Crippen LogP contribution is 2.35. The third kappa shape index (κ3) is 1.88. The minimum atomic E-state index is 0.339. The SMILES string of the molecule is CCC[C@@H](C)[C@H]1CCC(=O)[C@@H]1C. The van der Waals surface area contributed by atoms with Gasteiger partial charge in [0.15, 0.2) is 0 Å². The minimum Gasteiger partial charge on any atom is -0.299 e. The van der Waals surface area contributed by atoms with E-state index in [-0.39, 0.29) is 0 Å². The Morgan fingerprint density at radius 1 is 1.58 bits per heavy atom. The fourth-order valence-electron chi connectivity index (χ4n) is 2.47. The van der Waals surface area contributed by atoms with Gasteiger partial charge in [0.1, 0.15) is 5.78 Å². The Kier molecular flexibility index (Phi) is 3.30. The number of carbonyl (C=O) groups excluding carboxylic acids is 1.